The number of aromatic nitrogens is 1. The normalized spacial score (nSPS) is 15.4. The van der Waals surface area contributed by atoms with Gasteiger partial charge in [0.1, 0.15) is 15.5 Å². The number of hydrogen-bond donors (Lipinski definition) is 3. The number of rotatable bonds is 5. The smallest absolute Gasteiger partial charge is 0.348 e. The molecule has 1 amide bonds. The summed E-state index contributed by atoms with van der Waals surface area (Å²) in [5, 5.41) is 13.1. The highest BCUT2D eigenvalue weighted by Crippen LogP contribution is 2.37. The van der Waals surface area contributed by atoms with Gasteiger partial charge in [0.05, 0.1) is 5.69 Å². The van der Waals surface area contributed by atoms with Crippen molar-refractivity contribution < 1.29 is 14.7 Å². The van der Waals surface area contributed by atoms with Gasteiger partial charge in [-0.1, -0.05) is 13.3 Å². The third-order valence-electron chi connectivity index (χ3n) is 4.71. The molecule has 0 bridgehead atoms. The number of aryl methyl sites for hydroxylation is 1. The van der Waals surface area contributed by atoms with Crippen LogP contribution in [0.15, 0.2) is 6.07 Å². The summed E-state index contributed by atoms with van der Waals surface area (Å²) in [5.41, 5.74) is 7.48. The summed E-state index contributed by atoms with van der Waals surface area (Å²) >= 11 is 1.14. The topological polar surface area (TPSA) is 109 Å². The van der Waals surface area contributed by atoms with Gasteiger partial charge in [-0.2, -0.15) is 0 Å². The van der Waals surface area contributed by atoms with Gasteiger partial charge in [-0.3, -0.25) is 4.79 Å². The van der Waals surface area contributed by atoms with Gasteiger partial charge in [-0.25, -0.2) is 9.78 Å². The van der Waals surface area contributed by atoms with Crippen molar-refractivity contribution >= 4 is 44.9 Å². The van der Waals surface area contributed by atoms with Gasteiger partial charge in [0.15, 0.2) is 0 Å². The van der Waals surface area contributed by atoms with E-state index in [9.17, 15) is 14.7 Å². The molecule has 1 saturated heterocycles. The number of carboxylic acid groups (broad SMARTS) is 1. The Balaban J connectivity index is 1.92. The number of carboxylic acids is 1. The van der Waals surface area contributed by atoms with Crippen LogP contribution in [-0.2, 0) is 11.2 Å². The lowest BCUT2D eigenvalue weighted by Gasteiger charge is -2.33. The van der Waals surface area contributed by atoms with Gasteiger partial charge in [0, 0.05) is 31.4 Å². The number of aromatic carboxylic acids is 1. The molecule has 0 atom stereocenters. The molecule has 1 aliphatic rings. The molecule has 8 heteroatoms. The molecular formula is C18H24N4O3S. The van der Waals surface area contributed by atoms with Crippen LogP contribution in [-0.4, -0.2) is 41.1 Å². The highest BCUT2D eigenvalue weighted by atomic mass is 32.1. The molecule has 1 aliphatic heterocycles. The Hall–Kier alpha value is -2.35. The van der Waals surface area contributed by atoms with Crippen molar-refractivity contribution in [2.45, 2.75) is 45.6 Å². The standard InChI is InChI=1S/C18H24N4O3S/c1-3-4-11-9-13(22-7-5-12(6-8-22)20-10(2)23)21-17-14(11)15(19)16(26-17)18(24)25/h9,12H,3-8,19H2,1-2H3,(H,20,23)(H,24,25). The Morgan fingerprint density at radius 2 is 2.12 bits per heavy atom. The zero-order valence-corrected chi connectivity index (χ0v) is 15.9. The largest absolute Gasteiger partial charge is 0.477 e. The number of amides is 1. The molecule has 140 valence electrons. The van der Waals surface area contributed by atoms with Crippen LogP contribution < -0.4 is 16.0 Å². The first-order valence-electron chi connectivity index (χ1n) is 8.88. The van der Waals surface area contributed by atoms with Gasteiger partial charge in [-0.15, -0.1) is 11.3 Å². The molecule has 0 aromatic carbocycles. The predicted octanol–water partition coefficient (Wildman–Crippen LogP) is 2.63. The number of carbonyl (C=O) groups is 2. The fourth-order valence-electron chi connectivity index (χ4n) is 3.51. The van der Waals surface area contributed by atoms with E-state index in [0.29, 0.717) is 10.5 Å². The number of nitrogens with two attached hydrogens (primary N) is 1. The fraction of sp³-hybridized carbons (Fsp3) is 0.500. The van der Waals surface area contributed by atoms with E-state index < -0.39 is 5.97 Å². The number of nitrogen functional groups attached to an aromatic ring is 1. The minimum atomic E-state index is -1.01. The zero-order chi connectivity index (χ0) is 18.8. The lowest BCUT2D eigenvalue weighted by atomic mass is 10.0. The van der Waals surface area contributed by atoms with Gasteiger partial charge in [0.2, 0.25) is 5.91 Å². The van der Waals surface area contributed by atoms with Crippen LogP contribution in [0.25, 0.3) is 10.2 Å². The number of nitrogens with one attached hydrogen (secondary N) is 1. The second-order valence-electron chi connectivity index (χ2n) is 6.68. The first-order chi connectivity index (χ1) is 12.4. The number of anilines is 2. The number of carbonyl (C=O) groups excluding carboxylic acids is 1. The zero-order valence-electron chi connectivity index (χ0n) is 15.0. The van der Waals surface area contributed by atoms with E-state index in [1.165, 1.54) is 0 Å². The first kappa shape index (κ1) is 18.4. The van der Waals surface area contributed by atoms with Crippen LogP contribution in [0, 0.1) is 0 Å². The Morgan fingerprint density at radius 1 is 1.42 bits per heavy atom. The van der Waals surface area contributed by atoms with Crippen molar-refractivity contribution in [2.24, 2.45) is 0 Å². The lowest BCUT2D eigenvalue weighted by Crippen LogP contribution is -2.44. The van der Waals surface area contributed by atoms with Crippen LogP contribution in [0.4, 0.5) is 11.5 Å². The first-order valence-corrected chi connectivity index (χ1v) is 9.69. The van der Waals surface area contributed by atoms with Gasteiger partial charge >= 0.3 is 5.97 Å². The van der Waals surface area contributed by atoms with E-state index in [-0.39, 0.29) is 16.8 Å². The van der Waals surface area contributed by atoms with E-state index in [4.69, 9.17) is 10.7 Å². The number of pyridine rings is 1. The van der Waals surface area contributed by atoms with Crippen molar-refractivity contribution in [1.29, 1.82) is 0 Å². The molecule has 3 heterocycles. The number of thiophene rings is 1. The predicted molar refractivity (Wildman–Crippen MR) is 104 cm³/mol. The monoisotopic (exact) mass is 376 g/mol. The summed E-state index contributed by atoms with van der Waals surface area (Å²) in [6, 6.07) is 2.25. The molecule has 2 aromatic rings. The van der Waals surface area contributed by atoms with Crippen LogP contribution >= 0.6 is 11.3 Å². The Kier molecular flexibility index (Phi) is 5.31. The summed E-state index contributed by atoms with van der Waals surface area (Å²) < 4.78 is 0. The Bertz CT molecular complexity index is 841. The molecule has 4 N–H and O–H groups in total. The van der Waals surface area contributed by atoms with Crippen LogP contribution in [0.5, 0.6) is 0 Å². The van der Waals surface area contributed by atoms with Crippen LogP contribution in [0.3, 0.4) is 0 Å². The summed E-state index contributed by atoms with van der Waals surface area (Å²) in [4.78, 5) is 30.4. The SMILES string of the molecule is CCCc1cc(N2CCC(NC(C)=O)CC2)nc2sc(C(=O)O)c(N)c12. The average molecular weight is 376 g/mol. The van der Waals surface area contributed by atoms with Crippen LogP contribution in [0.1, 0.15) is 48.3 Å². The highest BCUT2D eigenvalue weighted by Gasteiger charge is 2.24. The summed E-state index contributed by atoms with van der Waals surface area (Å²) in [6.45, 7) is 5.25. The second kappa shape index (κ2) is 7.49. The third kappa shape index (κ3) is 3.60. The molecule has 0 aliphatic carbocycles. The summed E-state index contributed by atoms with van der Waals surface area (Å²) in [7, 11) is 0. The van der Waals surface area contributed by atoms with Crippen molar-refractivity contribution in [3.05, 3.63) is 16.5 Å². The fourth-order valence-corrected chi connectivity index (χ4v) is 4.49. The number of piperidine rings is 1. The summed E-state index contributed by atoms with van der Waals surface area (Å²) in [5.74, 6) is -0.144. The molecular weight excluding hydrogens is 352 g/mol. The van der Waals surface area contributed by atoms with Crippen molar-refractivity contribution in [3.8, 4) is 0 Å². The van der Waals surface area contributed by atoms with E-state index in [1.54, 1.807) is 6.92 Å². The molecule has 26 heavy (non-hydrogen) atoms. The number of hydrogen-bond acceptors (Lipinski definition) is 6. The minimum Gasteiger partial charge on any atom is -0.477 e. The summed E-state index contributed by atoms with van der Waals surface area (Å²) in [6.07, 6.45) is 3.51. The number of nitrogens with zero attached hydrogens (tertiary/aromatic N) is 2. The van der Waals surface area contributed by atoms with E-state index in [1.807, 2.05) is 6.07 Å². The van der Waals surface area contributed by atoms with Crippen molar-refractivity contribution in [2.75, 3.05) is 23.7 Å². The minimum absolute atomic E-state index is 0.00323. The van der Waals surface area contributed by atoms with Crippen LogP contribution in [0.2, 0.25) is 0 Å². The van der Waals surface area contributed by atoms with Crippen molar-refractivity contribution in [1.82, 2.24) is 10.3 Å². The van der Waals surface area contributed by atoms with Crippen molar-refractivity contribution in [3.63, 3.8) is 0 Å². The van der Waals surface area contributed by atoms with E-state index in [2.05, 4.69) is 17.1 Å². The maximum atomic E-state index is 11.4. The molecule has 1 fully saturated rings. The van der Waals surface area contributed by atoms with E-state index >= 15 is 0 Å². The van der Waals surface area contributed by atoms with Gasteiger partial charge < -0.3 is 21.1 Å². The molecule has 0 spiro atoms. The highest BCUT2D eigenvalue weighted by molar-refractivity contribution is 7.21. The average Bonchev–Trinajstić information content (AvgIpc) is 2.92. The molecule has 3 rings (SSSR count). The Labute approximate surface area is 156 Å². The van der Waals surface area contributed by atoms with Gasteiger partial charge in [-0.05, 0) is 30.9 Å². The molecule has 0 saturated carbocycles. The second-order valence-corrected chi connectivity index (χ2v) is 7.68. The lowest BCUT2D eigenvalue weighted by molar-refractivity contribution is -0.119. The number of fused-ring (bicyclic) bond motifs is 1. The maximum absolute atomic E-state index is 11.4. The third-order valence-corrected chi connectivity index (χ3v) is 5.79. The quantitative estimate of drug-likeness (QED) is 0.740. The maximum Gasteiger partial charge on any atom is 0.348 e. The molecule has 7 nitrogen and oxygen atoms in total. The van der Waals surface area contributed by atoms with E-state index in [0.717, 1.165) is 66.9 Å². The molecule has 0 unspecified atom stereocenters. The molecule has 0 radical (unpaired) electrons. The molecule has 2 aromatic heterocycles. The van der Waals surface area contributed by atoms with Gasteiger partial charge in [0.25, 0.3) is 0 Å². The Morgan fingerprint density at radius 3 is 2.69 bits per heavy atom.